The second-order valence-corrected chi connectivity index (χ2v) is 6.81. The van der Waals surface area contributed by atoms with Gasteiger partial charge in [0.05, 0.1) is 11.4 Å². The van der Waals surface area contributed by atoms with Crippen LogP contribution in [0.3, 0.4) is 0 Å². The summed E-state index contributed by atoms with van der Waals surface area (Å²) in [6, 6.07) is 6.64. The summed E-state index contributed by atoms with van der Waals surface area (Å²) in [4.78, 5) is 7.09. The summed E-state index contributed by atoms with van der Waals surface area (Å²) >= 11 is 1.76. The molecule has 0 bridgehead atoms. The van der Waals surface area contributed by atoms with E-state index >= 15 is 0 Å². The van der Waals surface area contributed by atoms with Crippen LogP contribution in [0.1, 0.15) is 27.4 Å². The zero-order chi connectivity index (χ0) is 15.1. The lowest BCUT2D eigenvalue weighted by Crippen LogP contribution is -2.07. The lowest BCUT2D eigenvalue weighted by atomic mass is 10.0. The van der Waals surface area contributed by atoms with Crippen molar-refractivity contribution in [3.8, 4) is 11.3 Å². The van der Waals surface area contributed by atoms with Gasteiger partial charge in [0, 0.05) is 22.6 Å². The number of imidazole rings is 1. The molecule has 0 saturated carbocycles. The minimum Gasteiger partial charge on any atom is -0.330 e. The Morgan fingerprint density at radius 2 is 1.95 bits per heavy atom. The van der Waals surface area contributed by atoms with Gasteiger partial charge < -0.3 is 5.73 Å². The van der Waals surface area contributed by atoms with Crippen molar-refractivity contribution in [3.05, 3.63) is 45.6 Å². The zero-order valence-corrected chi connectivity index (χ0v) is 13.8. The van der Waals surface area contributed by atoms with Crippen LogP contribution >= 0.6 is 11.3 Å². The highest BCUT2D eigenvalue weighted by Crippen LogP contribution is 2.35. The van der Waals surface area contributed by atoms with E-state index < -0.39 is 0 Å². The molecule has 0 saturated heterocycles. The number of aromatic nitrogens is 2. The minimum atomic E-state index is 0.649. The second kappa shape index (κ2) is 5.28. The zero-order valence-electron chi connectivity index (χ0n) is 13.0. The molecule has 0 atom stereocenters. The highest BCUT2D eigenvalue weighted by atomic mass is 32.1. The molecule has 2 N–H and O–H groups in total. The molecule has 0 aliphatic carbocycles. The van der Waals surface area contributed by atoms with E-state index in [1.807, 2.05) is 0 Å². The Balaban J connectivity index is 2.33. The van der Waals surface area contributed by atoms with E-state index in [1.165, 1.54) is 33.0 Å². The molecule has 0 aliphatic heterocycles. The lowest BCUT2D eigenvalue weighted by molar-refractivity contribution is 0.898. The summed E-state index contributed by atoms with van der Waals surface area (Å²) in [5.74, 6) is 0. The van der Waals surface area contributed by atoms with Crippen LogP contribution in [0.5, 0.6) is 0 Å². The van der Waals surface area contributed by atoms with Crippen LogP contribution < -0.4 is 5.73 Å². The van der Waals surface area contributed by atoms with Crippen LogP contribution in [0, 0.1) is 27.7 Å². The normalized spacial score (nSPS) is 11.5. The van der Waals surface area contributed by atoms with Gasteiger partial charge >= 0.3 is 0 Å². The maximum atomic E-state index is 5.79. The van der Waals surface area contributed by atoms with Crippen molar-refractivity contribution in [2.75, 3.05) is 6.54 Å². The molecule has 0 spiro atoms. The monoisotopic (exact) mass is 299 g/mol. The summed E-state index contributed by atoms with van der Waals surface area (Å²) in [6.45, 7) is 9.21. The van der Waals surface area contributed by atoms with Crippen molar-refractivity contribution in [3.63, 3.8) is 0 Å². The van der Waals surface area contributed by atoms with Crippen LogP contribution in [0.15, 0.2) is 18.2 Å². The van der Waals surface area contributed by atoms with Crippen molar-refractivity contribution in [2.24, 2.45) is 5.73 Å². The summed E-state index contributed by atoms with van der Waals surface area (Å²) < 4.78 is 2.31. The first kappa shape index (κ1) is 14.3. The van der Waals surface area contributed by atoms with Gasteiger partial charge in [0.15, 0.2) is 4.96 Å². The Morgan fingerprint density at radius 1 is 1.19 bits per heavy atom. The third-order valence-corrected chi connectivity index (χ3v) is 4.92. The molecule has 3 nitrogen and oxygen atoms in total. The summed E-state index contributed by atoms with van der Waals surface area (Å²) in [5, 5.41) is 0. The second-order valence-electron chi connectivity index (χ2n) is 5.63. The molecule has 2 heterocycles. The number of nitrogens with two attached hydrogens (primary N) is 1. The number of hydrogen-bond donors (Lipinski definition) is 1. The van der Waals surface area contributed by atoms with E-state index in [-0.39, 0.29) is 0 Å². The average Bonchev–Trinajstić information content (AvgIpc) is 2.87. The molecule has 0 radical (unpaired) electrons. The van der Waals surface area contributed by atoms with Crippen molar-refractivity contribution in [1.29, 1.82) is 0 Å². The Morgan fingerprint density at radius 3 is 2.62 bits per heavy atom. The molecule has 0 unspecified atom stereocenters. The summed E-state index contributed by atoms with van der Waals surface area (Å²) in [7, 11) is 0. The fourth-order valence-corrected chi connectivity index (χ4v) is 4.04. The van der Waals surface area contributed by atoms with E-state index in [1.54, 1.807) is 11.3 Å². The van der Waals surface area contributed by atoms with Crippen molar-refractivity contribution in [1.82, 2.24) is 9.38 Å². The third kappa shape index (κ3) is 2.28. The predicted molar refractivity (Wildman–Crippen MR) is 90.2 cm³/mol. The first-order valence-electron chi connectivity index (χ1n) is 7.28. The van der Waals surface area contributed by atoms with Gasteiger partial charge in [0.25, 0.3) is 0 Å². The van der Waals surface area contributed by atoms with Gasteiger partial charge in [-0.05, 0) is 39.8 Å². The van der Waals surface area contributed by atoms with Crippen molar-refractivity contribution < 1.29 is 0 Å². The SMILES string of the molecule is Cc1ccc(-c2c(C)sc3nc(C)c(CCN)n23)c(C)c1. The molecule has 0 fully saturated rings. The van der Waals surface area contributed by atoms with Gasteiger partial charge in [-0.1, -0.05) is 23.8 Å². The lowest BCUT2D eigenvalue weighted by Gasteiger charge is -2.10. The number of nitrogens with zero attached hydrogens (tertiary/aromatic N) is 2. The fourth-order valence-electron chi connectivity index (χ4n) is 3.00. The average molecular weight is 299 g/mol. The van der Waals surface area contributed by atoms with E-state index in [4.69, 9.17) is 10.7 Å². The van der Waals surface area contributed by atoms with E-state index in [0.717, 1.165) is 17.1 Å². The molecule has 3 aromatic rings. The number of fused-ring (bicyclic) bond motifs is 1. The molecule has 3 rings (SSSR count). The van der Waals surface area contributed by atoms with Crippen molar-refractivity contribution >= 4 is 16.3 Å². The summed E-state index contributed by atoms with van der Waals surface area (Å²) in [5.41, 5.74) is 13.3. The first-order valence-corrected chi connectivity index (χ1v) is 8.09. The van der Waals surface area contributed by atoms with Gasteiger partial charge in [0.2, 0.25) is 0 Å². The highest BCUT2D eigenvalue weighted by molar-refractivity contribution is 7.17. The molecule has 0 amide bonds. The highest BCUT2D eigenvalue weighted by Gasteiger charge is 2.18. The van der Waals surface area contributed by atoms with Crippen LogP contribution in [-0.4, -0.2) is 15.9 Å². The van der Waals surface area contributed by atoms with Crippen LogP contribution in [0.2, 0.25) is 0 Å². The Labute approximate surface area is 129 Å². The molecular formula is C17H21N3S. The number of rotatable bonds is 3. The number of aryl methyl sites for hydroxylation is 4. The maximum absolute atomic E-state index is 5.79. The van der Waals surface area contributed by atoms with Crippen LogP contribution in [0.4, 0.5) is 0 Å². The van der Waals surface area contributed by atoms with Crippen LogP contribution in [-0.2, 0) is 6.42 Å². The van der Waals surface area contributed by atoms with E-state index in [9.17, 15) is 0 Å². The Hall–Kier alpha value is -1.65. The molecule has 2 aromatic heterocycles. The summed E-state index contributed by atoms with van der Waals surface area (Å²) in [6.07, 6.45) is 0.862. The van der Waals surface area contributed by atoms with Gasteiger partial charge in [-0.3, -0.25) is 4.40 Å². The minimum absolute atomic E-state index is 0.649. The molecule has 110 valence electrons. The smallest absolute Gasteiger partial charge is 0.194 e. The number of benzene rings is 1. The molecule has 0 aliphatic rings. The molecule has 21 heavy (non-hydrogen) atoms. The topological polar surface area (TPSA) is 43.3 Å². The first-order chi connectivity index (χ1) is 10.0. The van der Waals surface area contributed by atoms with Gasteiger partial charge in [-0.15, -0.1) is 11.3 Å². The molecule has 1 aromatic carbocycles. The maximum Gasteiger partial charge on any atom is 0.194 e. The quantitative estimate of drug-likeness (QED) is 0.799. The van der Waals surface area contributed by atoms with E-state index in [2.05, 4.69) is 50.3 Å². The van der Waals surface area contributed by atoms with Gasteiger partial charge in [-0.25, -0.2) is 4.98 Å². The number of hydrogen-bond acceptors (Lipinski definition) is 3. The van der Waals surface area contributed by atoms with Gasteiger partial charge in [0.1, 0.15) is 0 Å². The third-order valence-electron chi connectivity index (χ3n) is 3.96. The predicted octanol–water partition coefficient (Wildman–Crippen LogP) is 3.80. The van der Waals surface area contributed by atoms with E-state index in [0.29, 0.717) is 6.54 Å². The standard InChI is InChI=1S/C17H21N3S/c1-10-5-6-14(11(2)9-10)16-13(4)21-17-19-12(3)15(7-8-18)20(16)17/h5-6,9H,7-8,18H2,1-4H3. The molecular weight excluding hydrogens is 278 g/mol. The Bertz CT molecular complexity index is 811. The van der Waals surface area contributed by atoms with Crippen molar-refractivity contribution in [2.45, 2.75) is 34.1 Å². The fraction of sp³-hybridized carbons (Fsp3) is 0.353. The Kier molecular flexibility index (Phi) is 3.59. The van der Waals surface area contributed by atoms with Crippen LogP contribution in [0.25, 0.3) is 16.2 Å². The van der Waals surface area contributed by atoms with Gasteiger partial charge in [-0.2, -0.15) is 0 Å². The number of thiazole rings is 1. The molecule has 4 heteroatoms. The largest absolute Gasteiger partial charge is 0.330 e.